The van der Waals surface area contributed by atoms with Crippen LogP contribution in [0.1, 0.15) is 26.7 Å². The highest BCUT2D eigenvalue weighted by atomic mass is 17.1. The Kier molecular flexibility index (Phi) is 12.0. The van der Waals surface area contributed by atoms with Crippen molar-refractivity contribution >= 4 is 11.9 Å². The van der Waals surface area contributed by atoms with Crippen molar-refractivity contribution in [2.75, 3.05) is 0 Å². The second-order valence-electron chi connectivity index (χ2n) is 2.67. The van der Waals surface area contributed by atoms with Gasteiger partial charge in [-0.3, -0.25) is 9.78 Å². The van der Waals surface area contributed by atoms with Gasteiger partial charge in [-0.25, -0.2) is 9.59 Å². The van der Waals surface area contributed by atoms with Crippen molar-refractivity contribution in [2.45, 2.75) is 26.7 Å². The lowest BCUT2D eigenvalue weighted by Gasteiger charge is -1.93. The fourth-order valence-corrected chi connectivity index (χ4v) is 0.553. The molecule has 0 rings (SSSR count). The van der Waals surface area contributed by atoms with E-state index in [2.05, 4.69) is 16.4 Å². The second kappa shape index (κ2) is 11.4. The molecule has 0 heterocycles. The lowest BCUT2D eigenvalue weighted by molar-refractivity contribution is -0.229. The smallest absolute Gasteiger partial charge is 0.296 e. The SMILES string of the molecule is C=CC(=O)OO.CCCC=C(C)C(=O)OO. The molecule has 0 fully saturated rings. The molecule has 0 amide bonds. The van der Waals surface area contributed by atoms with Gasteiger partial charge in [-0.05, 0) is 13.3 Å². The van der Waals surface area contributed by atoms with Gasteiger partial charge in [-0.15, -0.1) is 0 Å². The summed E-state index contributed by atoms with van der Waals surface area (Å²) < 4.78 is 0. The van der Waals surface area contributed by atoms with Gasteiger partial charge in [-0.2, -0.15) is 10.5 Å². The monoisotopic (exact) mass is 232 g/mol. The number of rotatable bonds is 4. The molecular formula is C10H16O6. The molecule has 0 bridgehead atoms. The van der Waals surface area contributed by atoms with Crippen molar-refractivity contribution in [3.63, 3.8) is 0 Å². The number of allylic oxidation sites excluding steroid dienone is 1. The average Bonchev–Trinajstić information content (AvgIpc) is 2.34. The van der Waals surface area contributed by atoms with Gasteiger partial charge in [0.05, 0.1) is 0 Å². The molecule has 0 saturated carbocycles. The Morgan fingerprint density at radius 1 is 1.31 bits per heavy atom. The van der Waals surface area contributed by atoms with Crippen LogP contribution in [0.3, 0.4) is 0 Å². The lowest BCUT2D eigenvalue weighted by Crippen LogP contribution is -2.01. The minimum atomic E-state index is -0.838. The van der Waals surface area contributed by atoms with Crippen LogP contribution in [-0.4, -0.2) is 22.5 Å². The first-order valence-corrected chi connectivity index (χ1v) is 4.53. The third-order valence-corrected chi connectivity index (χ3v) is 1.40. The van der Waals surface area contributed by atoms with Crippen molar-refractivity contribution < 1.29 is 29.9 Å². The molecule has 0 unspecified atom stereocenters. The van der Waals surface area contributed by atoms with E-state index < -0.39 is 11.9 Å². The lowest BCUT2D eigenvalue weighted by atomic mass is 10.2. The predicted octanol–water partition coefficient (Wildman–Crippen LogP) is 1.94. The van der Waals surface area contributed by atoms with Gasteiger partial charge < -0.3 is 0 Å². The molecule has 0 aromatic carbocycles. The Hall–Kier alpha value is -1.66. The highest BCUT2D eigenvalue weighted by molar-refractivity contribution is 5.87. The molecule has 0 aromatic heterocycles. The summed E-state index contributed by atoms with van der Waals surface area (Å²) in [5, 5.41) is 15.3. The number of hydrogen-bond acceptors (Lipinski definition) is 6. The van der Waals surface area contributed by atoms with Crippen molar-refractivity contribution in [2.24, 2.45) is 0 Å². The van der Waals surface area contributed by atoms with E-state index in [-0.39, 0.29) is 0 Å². The molecular weight excluding hydrogens is 216 g/mol. The minimum absolute atomic E-state index is 0.448. The molecule has 6 heteroatoms. The third-order valence-electron chi connectivity index (χ3n) is 1.40. The molecule has 0 aliphatic heterocycles. The highest BCUT2D eigenvalue weighted by Gasteiger charge is 2.02. The third kappa shape index (κ3) is 10.4. The predicted molar refractivity (Wildman–Crippen MR) is 56.3 cm³/mol. The molecule has 0 spiro atoms. The zero-order valence-corrected chi connectivity index (χ0v) is 9.30. The molecule has 0 saturated heterocycles. The Morgan fingerprint density at radius 2 is 1.88 bits per heavy atom. The normalized spacial score (nSPS) is 9.62. The maximum absolute atomic E-state index is 10.5. The summed E-state index contributed by atoms with van der Waals surface area (Å²) in [5.74, 6) is -1.51. The molecule has 92 valence electrons. The van der Waals surface area contributed by atoms with Gasteiger partial charge in [0.25, 0.3) is 0 Å². The fourth-order valence-electron chi connectivity index (χ4n) is 0.553. The molecule has 2 N–H and O–H groups in total. The Bertz CT molecular complexity index is 256. The van der Waals surface area contributed by atoms with Crippen LogP contribution in [-0.2, 0) is 19.4 Å². The summed E-state index contributed by atoms with van der Waals surface area (Å²) in [5.41, 5.74) is 0.448. The number of unbranched alkanes of at least 4 members (excludes halogenated alkanes) is 1. The van der Waals surface area contributed by atoms with E-state index >= 15 is 0 Å². The molecule has 0 aliphatic carbocycles. The Morgan fingerprint density at radius 3 is 2.12 bits per heavy atom. The quantitative estimate of drug-likeness (QED) is 0.437. The maximum atomic E-state index is 10.5. The molecule has 0 aromatic rings. The summed E-state index contributed by atoms with van der Waals surface area (Å²) in [6, 6.07) is 0. The van der Waals surface area contributed by atoms with Gasteiger partial charge in [0, 0.05) is 11.6 Å². The van der Waals surface area contributed by atoms with Crippen molar-refractivity contribution in [1.82, 2.24) is 0 Å². The number of carbonyl (C=O) groups excluding carboxylic acids is 2. The molecule has 0 radical (unpaired) electrons. The standard InChI is InChI=1S/C7H12O3.C3H4O3/c1-3-4-5-6(2)7(8)10-9;1-2-3(4)6-5/h5,9H,3-4H2,1-2H3;2,5H,1H2. The van der Waals surface area contributed by atoms with Crippen LogP contribution >= 0.6 is 0 Å². The van der Waals surface area contributed by atoms with Gasteiger partial charge in [0.15, 0.2) is 0 Å². The van der Waals surface area contributed by atoms with Gasteiger partial charge in [0.1, 0.15) is 0 Å². The second-order valence-corrected chi connectivity index (χ2v) is 2.67. The summed E-state index contributed by atoms with van der Waals surface area (Å²) in [7, 11) is 0. The van der Waals surface area contributed by atoms with Crippen LogP contribution in [0.5, 0.6) is 0 Å². The first-order valence-electron chi connectivity index (χ1n) is 4.53. The van der Waals surface area contributed by atoms with E-state index in [0.717, 1.165) is 18.9 Å². The zero-order chi connectivity index (χ0) is 13.0. The van der Waals surface area contributed by atoms with Crippen molar-refractivity contribution in [1.29, 1.82) is 0 Å². The first kappa shape index (κ1) is 16.8. The summed E-state index contributed by atoms with van der Waals surface area (Å²) in [4.78, 5) is 26.7. The molecule has 6 nitrogen and oxygen atoms in total. The van der Waals surface area contributed by atoms with E-state index in [9.17, 15) is 9.59 Å². The van der Waals surface area contributed by atoms with Gasteiger partial charge >= 0.3 is 11.9 Å². The van der Waals surface area contributed by atoms with E-state index in [1.54, 1.807) is 13.0 Å². The van der Waals surface area contributed by atoms with E-state index in [1.165, 1.54) is 0 Å². The van der Waals surface area contributed by atoms with Gasteiger partial charge in [-0.1, -0.05) is 26.0 Å². The summed E-state index contributed by atoms with van der Waals surface area (Å²) in [6.45, 7) is 6.61. The van der Waals surface area contributed by atoms with Crippen LogP contribution in [0, 0.1) is 0 Å². The molecule has 0 aliphatic rings. The van der Waals surface area contributed by atoms with E-state index in [1.807, 2.05) is 6.92 Å². The number of carbonyl (C=O) groups is 2. The zero-order valence-electron chi connectivity index (χ0n) is 9.30. The van der Waals surface area contributed by atoms with Crippen molar-refractivity contribution in [3.05, 3.63) is 24.3 Å². The molecule has 0 atom stereocenters. The fraction of sp³-hybridized carbons (Fsp3) is 0.400. The maximum Gasteiger partial charge on any atom is 0.368 e. The Balaban J connectivity index is 0. The highest BCUT2D eigenvalue weighted by Crippen LogP contribution is 1.99. The topological polar surface area (TPSA) is 93.1 Å². The van der Waals surface area contributed by atoms with E-state index in [4.69, 9.17) is 10.5 Å². The molecule has 16 heavy (non-hydrogen) atoms. The van der Waals surface area contributed by atoms with Crippen molar-refractivity contribution in [3.8, 4) is 0 Å². The van der Waals surface area contributed by atoms with Crippen LogP contribution < -0.4 is 0 Å². The summed E-state index contributed by atoms with van der Waals surface area (Å²) in [6.07, 6.45) is 4.41. The van der Waals surface area contributed by atoms with Crippen LogP contribution in [0.15, 0.2) is 24.3 Å². The summed E-state index contributed by atoms with van der Waals surface area (Å²) >= 11 is 0. The largest absolute Gasteiger partial charge is 0.368 e. The van der Waals surface area contributed by atoms with Crippen LogP contribution in [0.4, 0.5) is 0 Å². The van der Waals surface area contributed by atoms with Crippen LogP contribution in [0.2, 0.25) is 0 Å². The average molecular weight is 232 g/mol. The Labute approximate surface area is 93.6 Å². The first-order chi connectivity index (χ1) is 7.53. The number of hydrogen-bond donors (Lipinski definition) is 2. The van der Waals surface area contributed by atoms with Crippen LogP contribution in [0.25, 0.3) is 0 Å². The van der Waals surface area contributed by atoms with E-state index in [0.29, 0.717) is 5.57 Å². The minimum Gasteiger partial charge on any atom is -0.296 e. The van der Waals surface area contributed by atoms with Gasteiger partial charge in [0.2, 0.25) is 0 Å².